The highest BCUT2D eigenvalue weighted by molar-refractivity contribution is 9.10. The number of hydrogen-bond acceptors (Lipinski definition) is 4. The number of amides is 3. The highest BCUT2D eigenvalue weighted by Crippen LogP contribution is 2.20. The number of nitrogens with two attached hydrogens (primary N) is 1. The first-order valence-corrected chi connectivity index (χ1v) is 6.46. The minimum absolute atomic E-state index is 0.221. The second-order valence-electron chi connectivity index (χ2n) is 4.21. The summed E-state index contributed by atoms with van der Waals surface area (Å²) < 4.78 is 0.699. The van der Waals surface area contributed by atoms with E-state index in [9.17, 15) is 14.4 Å². The molecule has 1 fully saturated rings. The third-order valence-corrected chi connectivity index (χ3v) is 3.52. The van der Waals surface area contributed by atoms with Crippen molar-refractivity contribution in [3.63, 3.8) is 0 Å². The maximum atomic E-state index is 12.0. The molecule has 1 saturated heterocycles. The van der Waals surface area contributed by atoms with Crippen molar-refractivity contribution in [2.75, 3.05) is 5.73 Å². The Kier molecular flexibility index (Phi) is 3.84. The van der Waals surface area contributed by atoms with Crippen molar-refractivity contribution in [1.29, 1.82) is 0 Å². The standard InChI is InChI=1S/C12H12BrN3O3/c13-7-2-1-6(5-8(7)14)11(18)15-9-3-4-10(17)16-12(9)19/h1-2,5,9H,3-4,14H2,(H,15,18)(H,16,17,19). The van der Waals surface area contributed by atoms with Crippen LogP contribution in [0.4, 0.5) is 5.69 Å². The van der Waals surface area contributed by atoms with E-state index < -0.39 is 17.9 Å². The van der Waals surface area contributed by atoms with E-state index >= 15 is 0 Å². The Balaban J connectivity index is 2.06. The van der Waals surface area contributed by atoms with Crippen LogP contribution >= 0.6 is 15.9 Å². The zero-order valence-electron chi connectivity index (χ0n) is 9.90. The number of nitrogens with one attached hydrogen (secondary N) is 2. The summed E-state index contributed by atoms with van der Waals surface area (Å²) in [6.07, 6.45) is 0.529. The average Bonchev–Trinajstić information content (AvgIpc) is 2.36. The van der Waals surface area contributed by atoms with Gasteiger partial charge in [0.05, 0.1) is 0 Å². The molecule has 7 heteroatoms. The van der Waals surface area contributed by atoms with Crippen LogP contribution in [0.3, 0.4) is 0 Å². The second kappa shape index (κ2) is 5.40. The van der Waals surface area contributed by atoms with Crippen molar-refractivity contribution in [1.82, 2.24) is 10.6 Å². The number of rotatable bonds is 2. The van der Waals surface area contributed by atoms with Gasteiger partial charge in [-0.25, -0.2) is 0 Å². The van der Waals surface area contributed by atoms with Crippen molar-refractivity contribution in [2.24, 2.45) is 0 Å². The zero-order chi connectivity index (χ0) is 14.0. The first-order valence-electron chi connectivity index (χ1n) is 5.67. The van der Waals surface area contributed by atoms with Crippen LogP contribution < -0.4 is 16.4 Å². The Bertz CT molecular complexity index is 559. The number of piperidine rings is 1. The normalized spacial score (nSPS) is 18.9. The van der Waals surface area contributed by atoms with E-state index in [-0.39, 0.29) is 12.3 Å². The van der Waals surface area contributed by atoms with Gasteiger partial charge in [-0.3, -0.25) is 19.7 Å². The number of nitrogen functional groups attached to an aromatic ring is 1. The molecule has 0 aliphatic carbocycles. The Morgan fingerprint density at radius 3 is 2.79 bits per heavy atom. The van der Waals surface area contributed by atoms with Gasteiger partial charge in [0.1, 0.15) is 6.04 Å². The van der Waals surface area contributed by atoms with E-state index in [0.717, 1.165) is 0 Å². The van der Waals surface area contributed by atoms with Crippen molar-refractivity contribution in [2.45, 2.75) is 18.9 Å². The lowest BCUT2D eigenvalue weighted by atomic mass is 10.1. The molecule has 0 aromatic heterocycles. The van der Waals surface area contributed by atoms with E-state index in [1.54, 1.807) is 12.1 Å². The molecule has 1 aliphatic rings. The van der Waals surface area contributed by atoms with Crippen molar-refractivity contribution in [3.8, 4) is 0 Å². The number of carbonyl (C=O) groups is 3. The van der Waals surface area contributed by atoms with Crippen molar-refractivity contribution < 1.29 is 14.4 Å². The molecule has 4 N–H and O–H groups in total. The summed E-state index contributed by atoms with van der Waals surface area (Å²) in [5.74, 6) is -1.19. The van der Waals surface area contributed by atoms with Gasteiger partial charge in [-0.15, -0.1) is 0 Å². The summed E-state index contributed by atoms with van der Waals surface area (Å²) in [7, 11) is 0. The van der Waals surface area contributed by atoms with Crippen LogP contribution in [0, 0.1) is 0 Å². The number of benzene rings is 1. The Hall–Kier alpha value is -1.89. The van der Waals surface area contributed by atoms with Gasteiger partial charge in [0, 0.05) is 22.1 Å². The molecule has 0 saturated carbocycles. The number of carbonyl (C=O) groups excluding carboxylic acids is 3. The zero-order valence-corrected chi connectivity index (χ0v) is 11.5. The first kappa shape index (κ1) is 13.5. The molecule has 19 heavy (non-hydrogen) atoms. The molecule has 100 valence electrons. The van der Waals surface area contributed by atoms with Gasteiger partial charge in [0.15, 0.2) is 0 Å². The minimum atomic E-state index is -0.685. The molecule has 2 rings (SSSR count). The van der Waals surface area contributed by atoms with Crippen LogP contribution in [0.15, 0.2) is 22.7 Å². The molecule has 1 aromatic rings. The van der Waals surface area contributed by atoms with Gasteiger partial charge >= 0.3 is 0 Å². The average molecular weight is 326 g/mol. The van der Waals surface area contributed by atoms with Gasteiger partial charge < -0.3 is 11.1 Å². The fourth-order valence-corrected chi connectivity index (χ4v) is 2.00. The van der Waals surface area contributed by atoms with E-state index in [0.29, 0.717) is 22.1 Å². The Labute approximate surface area is 117 Å². The van der Waals surface area contributed by atoms with Gasteiger partial charge in [-0.05, 0) is 40.5 Å². The number of anilines is 1. The molecule has 1 atom stereocenters. The van der Waals surface area contributed by atoms with Crippen molar-refractivity contribution in [3.05, 3.63) is 28.2 Å². The molecule has 1 unspecified atom stereocenters. The van der Waals surface area contributed by atoms with E-state index in [2.05, 4.69) is 26.6 Å². The summed E-state index contributed by atoms with van der Waals surface area (Å²) in [6, 6.07) is 4.09. The fourth-order valence-electron chi connectivity index (χ4n) is 1.76. The molecule has 0 spiro atoms. The topological polar surface area (TPSA) is 101 Å². The molecular weight excluding hydrogens is 314 g/mol. The lowest BCUT2D eigenvalue weighted by molar-refractivity contribution is -0.134. The van der Waals surface area contributed by atoms with Gasteiger partial charge in [-0.1, -0.05) is 0 Å². The van der Waals surface area contributed by atoms with Crippen LogP contribution in [-0.4, -0.2) is 23.8 Å². The maximum absolute atomic E-state index is 12.0. The summed E-state index contributed by atoms with van der Waals surface area (Å²) >= 11 is 3.23. The van der Waals surface area contributed by atoms with Crippen LogP contribution in [-0.2, 0) is 9.59 Å². The lowest BCUT2D eigenvalue weighted by Gasteiger charge is -2.21. The monoisotopic (exact) mass is 325 g/mol. The Morgan fingerprint density at radius 1 is 1.42 bits per heavy atom. The summed E-state index contributed by atoms with van der Waals surface area (Å²) in [4.78, 5) is 34.5. The van der Waals surface area contributed by atoms with Crippen LogP contribution in [0.5, 0.6) is 0 Å². The predicted molar refractivity (Wildman–Crippen MR) is 72.2 cm³/mol. The molecule has 3 amide bonds. The van der Waals surface area contributed by atoms with Crippen LogP contribution in [0.2, 0.25) is 0 Å². The number of halogens is 1. The third-order valence-electron chi connectivity index (χ3n) is 2.80. The highest BCUT2D eigenvalue weighted by atomic mass is 79.9. The molecule has 1 aromatic carbocycles. The van der Waals surface area contributed by atoms with Crippen molar-refractivity contribution >= 4 is 39.3 Å². The summed E-state index contributed by atoms with van der Waals surface area (Å²) in [5, 5.41) is 4.76. The molecule has 1 aliphatic heterocycles. The maximum Gasteiger partial charge on any atom is 0.252 e. The van der Waals surface area contributed by atoms with E-state index in [4.69, 9.17) is 5.73 Å². The quantitative estimate of drug-likeness (QED) is 0.546. The minimum Gasteiger partial charge on any atom is -0.398 e. The summed E-state index contributed by atoms with van der Waals surface area (Å²) in [6.45, 7) is 0. The smallest absolute Gasteiger partial charge is 0.252 e. The number of imide groups is 1. The van der Waals surface area contributed by atoms with Gasteiger partial charge in [-0.2, -0.15) is 0 Å². The predicted octanol–water partition coefficient (Wildman–Crippen LogP) is 0.566. The van der Waals surface area contributed by atoms with Gasteiger partial charge in [0.2, 0.25) is 11.8 Å². The van der Waals surface area contributed by atoms with Crippen LogP contribution in [0.25, 0.3) is 0 Å². The third kappa shape index (κ3) is 3.11. The number of hydrogen-bond donors (Lipinski definition) is 3. The highest BCUT2D eigenvalue weighted by Gasteiger charge is 2.28. The SMILES string of the molecule is Nc1cc(C(=O)NC2CCC(=O)NC2=O)ccc1Br. The second-order valence-corrected chi connectivity index (χ2v) is 5.07. The van der Waals surface area contributed by atoms with Crippen LogP contribution in [0.1, 0.15) is 23.2 Å². The molecule has 0 bridgehead atoms. The molecule has 1 heterocycles. The van der Waals surface area contributed by atoms with Gasteiger partial charge in [0.25, 0.3) is 5.91 Å². The first-order chi connectivity index (χ1) is 8.97. The summed E-state index contributed by atoms with van der Waals surface area (Å²) in [5.41, 5.74) is 6.49. The fraction of sp³-hybridized carbons (Fsp3) is 0.250. The lowest BCUT2D eigenvalue weighted by Crippen LogP contribution is -2.52. The van der Waals surface area contributed by atoms with E-state index in [1.165, 1.54) is 6.07 Å². The van der Waals surface area contributed by atoms with E-state index in [1.807, 2.05) is 0 Å². The molecular formula is C12H12BrN3O3. The largest absolute Gasteiger partial charge is 0.398 e. The Morgan fingerprint density at radius 2 is 2.16 bits per heavy atom. The molecule has 6 nitrogen and oxygen atoms in total. The molecule has 0 radical (unpaired) electrons.